The molecule has 0 atom stereocenters. The Morgan fingerprint density at radius 2 is 1.19 bits per heavy atom. The van der Waals surface area contributed by atoms with Crippen molar-refractivity contribution in [3.8, 4) is 11.4 Å². The predicted octanol–water partition coefficient (Wildman–Crippen LogP) is 3.92. The monoisotopic (exact) mass is 566 g/mol. The smallest absolute Gasteiger partial charge is 0.355 e. The van der Waals surface area contributed by atoms with Crippen LogP contribution in [0.1, 0.15) is 39.0 Å². The van der Waals surface area contributed by atoms with Crippen molar-refractivity contribution in [3.05, 3.63) is 117 Å². The van der Waals surface area contributed by atoms with E-state index < -0.39 is 11.9 Å². The normalized spacial score (nSPS) is 10.8. The van der Waals surface area contributed by atoms with Crippen LogP contribution in [0, 0.1) is 13.8 Å². The predicted molar refractivity (Wildman–Crippen MR) is 156 cm³/mol. The number of aryl methyl sites for hydroxylation is 2. The van der Waals surface area contributed by atoms with Crippen LogP contribution in [0.5, 0.6) is 0 Å². The van der Waals surface area contributed by atoms with Gasteiger partial charge in [-0.25, -0.2) is 19.6 Å². The van der Waals surface area contributed by atoms with Crippen LogP contribution in [0.4, 0.5) is 0 Å². The molecule has 0 fully saturated rings. The first kappa shape index (κ1) is 27.8. The SMILES string of the molecule is CCOC(=O)c1c(C)c2c(=O)[nH]cnc2n1-c1ccccc1.Cc1c(C(=O)O)n(-c2ccccc2)c2nc[nH]c(=O)c12. The number of rotatable bonds is 5. The summed E-state index contributed by atoms with van der Waals surface area (Å²) in [6, 6.07) is 18.3. The molecule has 0 radical (unpaired) electrons. The van der Waals surface area contributed by atoms with Crippen molar-refractivity contribution in [1.82, 2.24) is 29.1 Å². The number of aromatic nitrogens is 6. The number of H-pyrrole nitrogens is 2. The zero-order valence-electron chi connectivity index (χ0n) is 22.9. The Bertz CT molecular complexity index is 2060. The molecular weight excluding hydrogens is 540 g/mol. The van der Waals surface area contributed by atoms with Crippen molar-refractivity contribution in [2.24, 2.45) is 0 Å². The molecule has 12 heteroatoms. The second kappa shape index (κ2) is 11.4. The molecule has 0 aliphatic carbocycles. The molecule has 6 rings (SSSR count). The van der Waals surface area contributed by atoms with E-state index in [2.05, 4.69) is 19.9 Å². The number of hydrogen-bond donors (Lipinski definition) is 3. The summed E-state index contributed by atoms with van der Waals surface area (Å²) < 4.78 is 8.29. The lowest BCUT2D eigenvalue weighted by molar-refractivity contribution is 0.0516. The van der Waals surface area contributed by atoms with Crippen molar-refractivity contribution < 1.29 is 19.4 Å². The van der Waals surface area contributed by atoms with Crippen LogP contribution in [0.15, 0.2) is 82.9 Å². The highest BCUT2D eigenvalue weighted by atomic mass is 16.5. The lowest BCUT2D eigenvalue weighted by Gasteiger charge is -2.09. The van der Waals surface area contributed by atoms with Crippen LogP contribution in [0.3, 0.4) is 0 Å². The second-order valence-corrected chi connectivity index (χ2v) is 9.18. The molecule has 6 aromatic rings. The summed E-state index contributed by atoms with van der Waals surface area (Å²) >= 11 is 0. The Labute approximate surface area is 237 Å². The summed E-state index contributed by atoms with van der Waals surface area (Å²) in [5.74, 6) is -1.56. The van der Waals surface area contributed by atoms with Crippen molar-refractivity contribution in [2.75, 3.05) is 6.61 Å². The lowest BCUT2D eigenvalue weighted by Crippen LogP contribution is -2.12. The zero-order valence-corrected chi connectivity index (χ0v) is 22.9. The van der Waals surface area contributed by atoms with Crippen molar-refractivity contribution in [1.29, 1.82) is 0 Å². The van der Waals surface area contributed by atoms with Gasteiger partial charge in [0.1, 0.15) is 11.4 Å². The summed E-state index contributed by atoms with van der Waals surface area (Å²) in [4.78, 5) is 61.3. The third-order valence-electron chi connectivity index (χ3n) is 6.70. The van der Waals surface area contributed by atoms with Gasteiger partial charge in [0.05, 0.1) is 30.0 Å². The molecule has 12 nitrogen and oxygen atoms in total. The first-order valence-corrected chi connectivity index (χ1v) is 12.9. The number of carbonyl (C=O) groups excluding carboxylic acids is 1. The van der Waals surface area contributed by atoms with Gasteiger partial charge in [0, 0.05) is 11.4 Å². The molecule has 3 N–H and O–H groups in total. The van der Waals surface area contributed by atoms with E-state index in [-0.39, 0.29) is 23.4 Å². The topological polar surface area (TPSA) is 165 Å². The van der Waals surface area contributed by atoms with Gasteiger partial charge in [0.15, 0.2) is 11.3 Å². The molecule has 0 spiro atoms. The van der Waals surface area contributed by atoms with Crippen LogP contribution < -0.4 is 11.1 Å². The summed E-state index contributed by atoms with van der Waals surface area (Å²) in [5.41, 5.74) is 2.92. The fourth-order valence-electron chi connectivity index (χ4n) is 4.94. The number of ether oxygens (including phenoxy) is 1. The van der Waals surface area contributed by atoms with Crippen LogP contribution in [-0.4, -0.2) is 52.7 Å². The van der Waals surface area contributed by atoms with E-state index in [0.717, 1.165) is 5.69 Å². The highest BCUT2D eigenvalue weighted by Crippen LogP contribution is 2.27. The van der Waals surface area contributed by atoms with E-state index >= 15 is 0 Å². The zero-order chi connectivity index (χ0) is 30.0. The summed E-state index contributed by atoms with van der Waals surface area (Å²) in [6.07, 6.45) is 2.60. The van der Waals surface area contributed by atoms with Crippen LogP contribution in [0.2, 0.25) is 0 Å². The maximum atomic E-state index is 12.4. The van der Waals surface area contributed by atoms with Crippen molar-refractivity contribution in [2.45, 2.75) is 20.8 Å². The van der Waals surface area contributed by atoms with Crippen LogP contribution >= 0.6 is 0 Å². The van der Waals surface area contributed by atoms with Crippen LogP contribution in [-0.2, 0) is 4.74 Å². The molecule has 0 aliphatic rings. The molecule has 0 aliphatic heterocycles. The largest absolute Gasteiger partial charge is 0.477 e. The van der Waals surface area contributed by atoms with Crippen molar-refractivity contribution >= 4 is 34.0 Å². The van der Waals surface area contributed by atoms with E-state index in [1.54, 1.807) is 49.6 Å². The van der Waals surface area contributed by atoms with Gasteiger partial charge in [-0.15, -0.1) is 0 Å². The Morgan fingerprint density at radius 3 is 1.62 bits per heavy atom. The number of benzene rings is 2. The molecule has 0 amide bonds. The molecule has 212 valence electrons. The minimum atomic E-state index is -1.09. The van der Waals surface area contributed by atoms with E-state index in [1.807, 2.05) is 36.4 Å². The second-order valence-electron chi connectivity index (χ2n) is 9.18. The summed E-state index contributed by atoms with van der Waals surface area (Å²) in [6.45, 7) is 5.35. The molecule has 4 aromatic heterocycles. The van der Waals surface area contributed by atoms with E-state index in [0.29, 0.717) is 44.6 Å². The van der Waals surface area contributed by atoms with Gasteiger partial charge < -0.3 is 19.8 Å². The first-order chi connectivity index (χ1) is 20.3. The molecule has 0 saturated heterocycles. The number of carboxylic acid groups (broad SMARTS) is 1. The molecular formula is C30H26N6O6. The Kier molecular flexibility index (Phi) is 7.52. The van der Waals surface area contributed by atoms with E-state index in [9.17, 15) is 24.3 Å². The number of esters is 1. The van der Waals surface area contributed by atoms with Gasteiger partial charge >= 0.3 is 11.9 Å². The quantitative estimate of drug-likeness (QED) is 0.264. The summed E-state index contributed by atoms with van der Waals surface area (Å²) in [7, 11) is 0. The fraction of sp³-hybridized carbons (Fsp3) is 0.133. The minimum absolute atomic E-state index is 0.0513. The van der Waals surface area contributed by atoms with Crippen LogP contribution in [0.25, 0.3) is 33.4 Å². The van der Waals surface area contributed by atoms with Gasteiger partial charge in [0.2, 0.25) is 0 Å². The number of aromatic amines is 2. The molecule has 4 heterocycles. The molecule has 0 bridgehead atoms. The third kappa shape index (κ3) is 4.74. The Balaban J connectivity index is 0.000000169. The molecule has 42 heavy (non-hydrogen) atoms. The number of carboxylic acids is 1. The average Bonchev–Trinajstić information content (AvgIpc) is 3.47. The molecule has 0 unspecified atom stereocenters. The maximum Gasteiger partial charge on any atom is 0.355 e. The third-order valence-corrected chi connectivity index (χ3v) is 6.70. The van der Waals surface area contributed by atoms with Gasteiger partial charge in [0.25, 0.3) is 11.1 Å². The number of hydrogen-bond acceptors (Lipinski definition) is 7. The van der Waals surface area contributed by atoms with Gasteiger partial charge in [-0.2, -0.15) is 0 Å². The van der Waals surface area contributed by atoms with E-state index in [4.69, 9.17) is 4.74 Å². The number of nitrogens with zero attached hydrogens (tertiary/aromatic N) is 4. The highest BCUT2D eigenvalue weighted by Gasteiger charge is 2.25. The Morgan fingerprint density at radius 1 is 0.762 bits per heavy atom. The number of nitrogens with one attached hydrogen (secondary N) is 2. The molecule has 2 aromatic carbocycles. The highest BCUT2D eigenvalue weighted by molar-refractivity contribution is 5.99. The number of carbonyl (C=O) groups is 2. The fourth-order valence-corrected chi connectivity index (χ4v) is 4.94. The van der Waals surface area contributed by atoms with Gasteiger partial charge in [-0.3, -0.25) is 18.7 Å². The number of para-hydroxylation sites is 2. The Hall–Kier alpha value is -5.78. The standard InChI is InChI=1S/C16H15N3O3.C14H11N3O3/c1-3-22-16(21)13-10(2)12-14(17-9-18-15(12)20)19(13)11-7-5-4-6-8-11;1-8-10-12(15-7-16-13(10)18)17(11(8)14(19)20)9-5-3-2-4-6-9/h4-9H,3H2,1-2H3,(H,17,18,20);2-7H,1H3,(H,19,20)(H,15,16,18). The van der Waals surface area contributed by atoms with Gasteiger partial charge in [-0.1, -0.05) is 36.4 Å². The minimum Gasteiger partial charge on any atom is -0.477 e. The average molecular weight is 567 g/mol. The first-order valence-electron chi connectivity index (χ1n) is 12.9. The number of aromatic carboxylic acids is 1. The lowest BCUT2D eigenvalue weighted by atomic mass is 10.2. The maximum absolute atomic E-state index is 12.4. The summed E-state index contributed by atoms with van der Waals surface area (Å²) in [5, 5.41) is 10.1. The van der Waals surface area contributed by atoms with Gasteiger partial charge in [-0.05, 0) is 56.2 Å². The van der Waals surface area contributed by atoms with E-state index in [1.165, 1.54) is 17.2 Å². The number of fused-ring (bicyclic) bond motifs is 2. The molecule has 0 saturated carbocycles. The van der Waals surface area contributed by atoms with Crippen molar-refractivity contribution in [3.63, 3.8) is 0 Å².